The van der Waals surface area contributed by atoms with E-state index < -0.39 is 0 Å². The van der Waals surface area contributed by atoms with E-state index in [0.717, 1.165) is 17.1 Å². The minimum Gasteiger partial charge on any atom is -0.374 e. The summed E-state index contributed by atoms with van der Waals surface area (Å²) in [5.74, 6) is 0.691. The molecule has 1 aromatic rings. The van der Waals surface area contributed by atoms with Crippen molar-refractivity contribution in [2.24, 2.45) is 11.7 Å². The number of methoxy groups -OCH3 is 1. The van der Waals surface area contributed by atoms with E-state index in [2.05, 4.69) is 11.9 Å². The molecule has 0 bridgehead atoms. The fraction of sp³-hybridized carbons (Fsp3) is 0.727. The molecule has 0 aromatic carbocycles. The summed E-state index contributed by atoms with van der Waals surface area (Å²) in [6.07, 6.45) is 3.72. The van der Waals surface area contributed by atoms with Crippen LogP contribution in [0.4, 0.5) is 0 Å². The van der Waals surface area contributed by atoms with E-state index in [9.17, 15) is 0 Å². The van der Waals surface area contributed by atoms with E-state index in [1.54, 1.807) is 18.4 Å². The van der Waals surface area contributed by atoms with Crippen LogP contribution in [0.2, 0.25) is 0 Å². The molecule has 4 heteroatoms. The van der Waals surface area contributed by atoms with Crippen LogP contribution in [0.25, 0.3) is 0 Å². The fourth-order valence-electron chi connectivity index (χ4n) is 1.85. The van der Waals surface area contributed by atoms with E-state index >= 15 is 0 Å². The van der Waals surface area contributed by atoms with Crippen molar-refractivity contribution >= 4 is 11.3 Å². The zero-order chi connectivity index (χ0) is 10.8. The zero-order valence-corrected chi connectivity index (χ0v) is 10.1. The highest BCUT2D eigenvalue weighted by Gasteiger charge is 2.34. The molecule has 84 valence electrons. The smallest absolute Gasteiger partial charge is 0.122 e. The number of nitrogens with two attached hydrogens (primary N) is 1. The summed E-state index contributed by atoms with van der Waals surface area (Å²) in [4.78, 5) is 5.86. The average molecular weight is 226 g/mol. The third-order valence-corrected chi connectivity index (χ3v) is 4.04. The lowest BCUT2D eigenvalue weighted by atomic mass is 10.2. The minimum atomic E-state index is 0.209. The molecular weight excluding hydrogens is 208 g/mol. The van der Waals surface area contributed by atoms with Gasteiger partial charge in [0.05, 0.1) is 5.69 Å². The van der Waals surface area contributed by atoms with E-state index in [4.69, 9.17) is 10.5 Å². The Bertz CT molecular complexity index is 312. The summed E-state index contributed by atoms with van der Waals surface area (Å²) in [5.41, 5.74) is 6.86. The maximum Gasteiger partial charge on any atom is 0.122 e. The highest BCUT2D eigenvalue weighted by molar-refractivity contribution is 7.11. The largest absolute Gasteiger partial charge is 0.374 e. The van der Waals surface area contributed by atoms with Gasteiger partial charge in [-0.2, -0.15) is 0 Å². The van der Waals surface area contributed by atoms with Crippen molar-refractivity contribution in [2.75, 3.05) is 7.11 Å². The lowest BCUT2D eigenvalue weighted by Gasteiger charge is -2.10. The summed E-state index contributed by atoms with van der Waals surface area (Å²) in [7, 11) is 1.78. The van der Waals surface area contributed by atoms with E-state index in [0.29, 0.717) is 12.5 Å². The van der Waals surface area contributed by atoms with Crippen molar-refractivity contribution < 1.29 is 4.74 Å². The molecule has 0 saturated heterocycles. The second kappa shape index (κ2) is 4.60. The molecule has 1 aromatic heterocycles. The molecule has 0 radical (unpaired) electrons. The Kier molecular flexibility index (Phi) is 3.38. The predicted molar refractivity (Wildman–Crippen MR) is 61.9 cm³/mol. The highest BCUT2D eigenvalue weighted by Crippen LogP contribution is 2.44. The molecule has 1 heterocycles. The van der Waals surface area contributed by atoms with Gasteiger partial charge in [0.2, 0.25) is 0 Å². The molecule has 1 saturated carbocycles. The number of thiazole rings is 1. The molecule has 2 rings (SSSR count). The molecule has 0 aliphatic heterocycles. The molecule has 0 spiro atoms. The molecule has 1 aliphatic rings. The van der Waals surface area contributed by atoms with Gasteiger partial charge in [-0.15, -0.1) is 11.3 Å². The Morgan fingerprint density at radius 2 is 2.33 bits per heavy atom. The van der Waals surface area contributed by atoms with Gasteiger partial charge in [-0.3, -0.25) is 0 Å². The van der Waals surface area contributed by atoms with Gasteiger partial charge in [-0.25, -0.2) is 4.98 Å². The fourth-order valence-corrected chi connectivity index (χ4v) is 3.06. The summed E-state index contributed by atoms with van der Waals surface area (Å²) in [5, 5.41) is 1.12. The highest BCUT2D eigenvalue weighted by atomic mass is 32.1. The van der Waals surface area contributed by atoms with Crippen LogP contribution in [0, 0.1) is 5.92 Å². The maximum absolute atomic E-state index is 5.70. The third-order valence-electron chi connectivity index (χ3n) is 2.86. The second-order valence-electron chi connectivity index (χ2n) is 3.97. The Morgan fingerprint density at radius 3 is 2.73 bits per heavy atom. The predicted octanol–water partition coefficient (Wildman–Crippen LogP) is 2.26. The normalized spacial score (nSPS) is 18.1. The quantitative estimate of drug-likeness (QED) is 0.837. The Labute approximate surface area is 94.7 Å². The summed E-state index contributed by atoms with van der Waals surface area (Å²) in [6, 6.07) is 0. The van der Waals surface area contributed by atoms with Crippen LogP contribution in [-0.4, -0.2) is 12.1 Å². The third kappa shape index (κ3) is 2.22. The van der Waals surface area contributed by atoms with Crippen LogP contribution >= 0.6 is 11.3 Å². The lowest BCUT2D eigenvalue weighted by Crippen LogP contribution is -2.03. The molecule has 1 aliphatic carbocycles. The van der Waals surface area contributed by atoms with E-state index in [1.807, 2.05) is 0 Å². The van der Waals surface area contributed by atoms with Gasteiger partial charge in [0.25, 0.3) is 0 Å². The summed E-state index contributed by atoms with van der Waals surface area (Å²) >= 11 is 1.72. The van der Waals surface area contributed by atoms with Crippen LogP contribution in [0.1, 0.15) is 41.4 Å². The SMILES string of the molecule is CCc1nc(C(OC)C2CC2)sc1CN. The van der Waals surface area contributed by atoms with Crippen LogP contribution in [-0.2, 0) is 17.7 Å². The van der Waals surface area contributed by atoms with Gasteiger partial charge in [0, 0.05) is 18.5 Å². The Balaban J connectivity index is 2.22. The van der Waals surface area contributed by atoms with Crippen molar-refractivity contribution in [3.63, 3.8) is 0 Å². The van der Waals surface area contributed by atoms with Gasteiger partial charge < -0.3 is 10.5 Å². The number of nitrogens with zero attached hydrogens (tertiary/aromatic N) is 1. The number of aromatic nitrogens is 1. The lowest BCUT2D eigenvalue weighted by molar-refractivity contribution is 0.0842. The number of aryl methyl sites for hydroxylation is 1. The molecule has 0 amide bonds. The van der Waals surface area contributed by atoms with Gasteiger partial charge in [-0.05, 0) is 25.2 Å². The van der Waals surface area contributed by atoms with E-state index in [-0.39, 0.29) is 6.10 Å². The number of rotatable bonds is 5. The standard InChI is InChI=1S/C11H18N2OS/c1-3-8-9(6-12)15-11(13-8)10(14-2)7-4-5-7/h7,10H,3-6,12H2,1-2H3. The Hall–Kier alpha value is -0.450. The maximum atomic E-state index is 5.70. The van der Waals surface area contributed by atoms with Crippen LogP contribution in [0.15, 0.2) is 0 Å². The molecule has 1 unspecified atom stereocenters. The van der Waals surface area contributed by atoms with Gasteiger partial charge in [0.1, 0.15) is 11.1 Å². The number of ether oxygens (including phenoxy) is 1. The van der Waals surface area contributed by atoms with E-state index in [1.165, 1.54) is 17.7 Å². The minimum absolute atomic E-state index is 0.209. The van der Waals surface area contributed by atoms with Crippen LogP contribution in [0.3, 0.4) is 0 Å². The number of hydrogen-bond acceptors (Lipinski definition) is 4. The van der Waals surface area contributed by atoms with Crippen molar-refractivity contribution in [2.45, 2.75) is 38.8 Å². The van der Waals surface area contributed by atoms with Gasteiger partial charge in [-0.1, -0.05) is 6.92 Å². The number of hydrogen-bond donors (Lipinski definition) is 1. The molecular formula is C11H18N2OS. The van der Waals surface area contributed by atoms with Crippen LogP contribution < -0.4 is 5.73 Å². The van der Waals surface area contributed by atoms with Crippen molar-refractivity contribution in [3.8, 4) is 0 Å². The first-order chi connectivity index (χ1) is 7.30. The van der Waals surface area contributed by atoms with Crippen LogP contribution in [0.5, 0.6) is 0 Å². The average Bonchev–Trinajstić information content (AvgIpc) is 2.99. The first kappa shape index (κ1) is 11.0. The second-order valence-corrected chi connectivity index (χ2v) is 5.09. The van der Waals surface area contributed by atoms with Crippen molar-refractivity contribution in [1.82, 2.24) is 4.98 Å². The topological polar surface area (TPSA) is 48.1 Å². The Morgan fingerprint density at radius 1 is 1.60 bits per heavy atom. The first-order valence-corrected chi connectivity index (χ1v) is 6.33. The molecule has 15 heavy (non-hydrogen) atoms. The molecule has 1 atom stereocenters. The molecule has 3 nitrogen and oxygen atoms in total. The zero-order valence-electron chi connectivity index (χ0n) is 9.32. The van der Waals surface area contributed by atoms with Crippen molar-refractivity contribution in [1.29, 1.82) is 0 Å². The summed E-state index contributed by atoms with van der Waals surface area (Å²) < 4.78 is 5.52. The van der Waals surface area contributed by atoms with Gasteiger partial charge >= 0.3 is 0 Å². The monoisotopic (exact) mass is 226 g/mol. The van der Waals surface area contributed by atoms with Gasteiger partial charge in [0.15, 0.2) is 0 Å². The first-order valence-electron chi connectivity index (χ1n) is 5.51. The van der Waals surface area contributed by atoms with Crippen molar-refractivity contribution in [3.05, 3.63) is 15.6 Å². The molecule has 2 N–H and O–H groups in total. The molecule has 1 fully saturated rings. The summed E-state index contributed by atoms with van der Waals surface area (Å²) in [6.45, 7) is 2.72.